The second-order valence-corrected chi connectivity index (χ2v) is 7.79. The van der Waals surface area contributed by atoms with Crippen LogP contribution in [0.5, 0.6) is 0 Å². The van der Waals surface area contributed by atoms with Gasteiger partial charge in [-0.05, 0) is 31.6 Å². The molecule has 6 nitrogen and oxygen atoms in total. The fourth-order valence-electron chi connectivity index (χ4n) is 4.20. The molecule has 0 N–H and O–H groups in total. The van der Waals surface area contributed by atoms with Crippen molar-refractivity contribution in [2.24, 2.45) is 5.92 Å². The van der Waals surface area contributed by atoms with E-state index in [4.69, 9.17) is 9.51 Å². The smallest absolute Gasteiger partial charge is 0.324 e. The van der Waals surface area contributed by atoms with Crippen LogP contribution in [0.3, 0.4) is 0 Å². The van der Waals surface area contributed by atoms with Crippen LogP contribution in [0.2, 0.25) is 0 Å². The molecule has 5 rings (SSSR count). The average Bonchev–Trinajstić information content (AvgIpc) is 3.35. The molecule has 0 amide bonds. The Hall–Kier alpha value is -2.63. The minimum Gasteiger partial charge on any atom is -0.334 e. The lowest BCUT2D eigenvalue weighted by molar-refractivity contribution is 0.270. The van der Waals surface area contributed by atoms with Gasteiger partial charge >= 0.3 is 6.01 Å². The molecular formula is C21H25N5O. The summed E-state index contributed by atoms with van der Waals surface area (Å²) < 4.78 is 7.96. The predicted octanol–water partition coefficient (Wildman–Crippen LogP) is 4.12. The van der Waals surface area contributed by atoms with E-state index in [1.165, 1.54) is 25.1 Å². The Bertz CT molecular complexity index is 883. The summed E-state index contributed by atoms with van der Waals surface area (Å²) in [6, 6.07) is 10.6. The maximum atomic E-state index is 5.58. The summed E-state index contributed by atoms with van der Waals surface area (Å²) in [6.07, 6.45) is 10.5. The fourth-order valence-corrected chi connectivity index (χ4v) is 4.20. The van der Waals surface area contributed by atoms with Crippen LogP contribution in [-0.4, -0.2) is 32.8 Å². The van der Waals surface area contributed by atoms with E-state index in [0.29, 0.717) is 17.8 Å². The summed E-state index contributed by atoms with van der Waals surface area (Å²) >= 11 is 0. The Morgan fingerprint density at radius 2 is 1.96 bits per heavy atom. The molecule has 6 heteroatoms. The van der Waals surface area contributed by atoms with Crippen molar-refractivity contribution in [3.63, 3.8) is 0 Å². The zero-order valence-electron chi connectivity index (χ0n) is 15.5. The first kappa shape index (κ1) is 16.5. The number of aromatic nitrogens is 4. The third-order valence-corrected chi connectivity index (χ3v) is 5.93. The topological polar surface area (TPSA) is 60.0 Å². The highest BCUT2D eigenvalue weighted by Crippen LogP contribution is 2.32. The second kappa shape index (κ2) is 7.18. The molecular weight excluding hydrogens is 338 g/mol. The number of hydrogen-bond donors (Lipinski definition) is 0. The van der Waals surface area contributed by atoms with E-state index in [-0.39, 0.29) is 0 Å². The van der Waals surface area contributed by atoms with Crippen molar-refractivity contribution in [1.29, 1.82) is 0 Å². The van der Waals surface area contributed by atoms with Gasteiger partial charge in [-0.1, -0.05) is 41.9 Å². The first-order valence-corrected chi connectivity index (χ1v) is 10.0. The van der Waals surface area contributed by atoms with Crippen LogP contribution in [0.4, 0.5) is 6.01 Å². The largest absolute Gasteiger partial charge is 0.334 e. The molecule has 3 aromatic rings. The molecule has 0 bridgehead atoms. The van der Waals surface area contributed by atoms with Crippen LogP contribution in [0.1, 0.15) is 43.8 Å². The second-order valence-electron chi connectivity index (χ2n) is 7.79. The van der Waals surface area contributed by atoms with E-state index in [1.54, 1.807) is 0 Å². The average molecular weight is 363 g/mol. The van der Waals surface area contributed by atoms with Gasteiger partial charge in [-0.2, -0.15) is 4.98 Å². The van der Waals surface area contributed by atoms with Crippen LogP contribution in [0, 0.1) is 5.92 Å². The number of imidazole rings is 1. The summed E-state index contributed by atoms with van der Waals surface area (Å²) in [5.41, 5.74) is 0.983. The highest BCUT2D eigenvalue weighted by Gasteiger charge is 2.28. The van der Waals surface area contributed by atoms with Gasteiger partial charge in [-0.15, -0.1) is 0 Å². The zero-order chi connectivity index (χ0) is 18.1. The maximum Gasteiger partial charge on any atom is 0.324 e. The molecule has 27 heavy (non-hydrogen) atoms. The Kier molecular flexibility index (Phi) is 4.40. The van der Waals surface area contributed by atoms with Gasteiger partial charge in [0.05, 0.1) is 0 Å². The molecule has 3 heterocycles. The molecule has 1 aromatic carbocycles. The summed E-state index contributed by atoms with van der Waals surface area (Å²) in [5, 5.41) is 4.18. The van der Waals surface area contributed by atoms with Gasteiger partial charge in [0.15, 0.2) is 0 Å². The molecule has 1 aliphatic carbocycles. The highest BCUT2D eigenvalue weighted by atomic mass is 16.5. The lowest BCUT2D eigenvalue weighted by Gasteiger charge is -2.32. The number of benzene rings is 1. The van der Waals surface area contributed by atoms with Gasteiger partial charge in [0, 0.05) is 43.5 Å². The number of hydrogen-bond acceptors (Lipinski definition) is 5. The molecule has 0 radical (unpaired) electrons. The van der Waals surface area contributed by atoms with Crippen LogP contribution in [0.15, 0.2) is 47.2 Å². The van der Waals surface area contributed by atoms with E-state index >= 15 is 0 Å². The monoisotopic (exact) mass is 363 g/mol. The molecule has 1 unspecified atom stereocenters. The summed E-state index contributed by atoms with van der Waals surface area (Å²) in [5.74, 6) is 3.12. The standard InChI is InChI=1S/C21H25N5O/c1-2-8-17(9-3-1)19-23-21(27-24-19)26-12-5-10-18(15-26)20-22-11-13-25(20)14-16-6-4-7-16/h1-3,8-9,11,13,16,18H,4-7,10,12,14-15H2. The summed E-state index contributed by atoms with van der Waals surface area (Å²) in [4.78, 5) is 11.6. The molecule has 1 atom stereocenters. The van der Waals surface area contributed by atoms with Crippen LogP contribution in [0.25, 0.3) is 11.4 Å². The van der Waals surface area contributed by atoms with Crippen LogP contribution in [-0.2, 0) is 6.54 Å². The van der Waals surface area contributed by atoms with Gasteiger partial charge in [0.25, 0.3) is 0 Å². The van der Waals surface area contributed by atoms with Crippen molar-refractivity contribution in [3.05, 3.63) is 48.5 Å². The summed E-state index contributed by atoms with van der Waals surface area (Å²) in [6.45, 7) is 2.96. The van der Waals surface area contributed by atoms with Gasteiger partial charge in [0.1, 0.15) is 5.82 Å². The van der Waals surface area contributed by atoms with Crippen molar-refractivity contribution >= 4 is 6.01 Å². The quantitative estimate of drug-likeness (QED) is 0.682. The molecule has 1 saturated carbocycles. The van der Waals surface area contributed by atoms with Gasteiger partial charge in [-0.3, -0.25) is 0 Å². The minimum absolute atomic E-state index is 0.418. The fraction of sp³-hybridized carbons (Fsp3) is 0.476. The van der Waals surface area contributed by atoms with E-state index in [0.717, 1.165) is 44.0 Å². The molecule has 2 aromatic heterocycles. The van der Waals surface area contributed by atoms with Gasteiger partial charge in [-0.25, -0.2) is 4.98 Å². The normalized spacial score (nSPS) is 20.6. The van der Waals surface area contributed by atoms with Crippen LogP contribution < -0.4 is 4.90 Å². The Labute approximate surface area is 159 Å². The predicted molar refractivity (Wildman–Crippen MR) is 103 cm³/mol. The zero-order valence-corrected chi connectivity index (χ0v) is 15.5. The molecule has 1 aliphatic heterocycles. The van der Waals surface area contributed by atoms with Crippen molar-refractivity contribution in [1.82, 2.24) is 19.7 Å². The molecule has 0 spiro atoms. The lowest BCUT2D eigenvalue weighted by Crippen LogP contribution is -2.36. The van der Waals surface area contributed by atoms with Gasteiger partial charge < -0.3 is 14.0 Å². The molecule has 140 valence electrons. The van der Waals surface area contributed by atoms with E-state index < -0.39 is 0 Å². The van der Waals surface area contributed by atoms with E-state index in [9.17, 15) is 0 Å². The number of rotatable bonds is 5. The van der Waals surface area contributed by atoms with Crippen molar-refractivity contribution in [3.8, 4) is 11.4 Å². The molecule has 2 aliphatic rings. The molecule has 1 saturated heterocycles. The Balaban J connectivity index is 1.32. The first-order chi connectivity index (χ1) is 13.4. The van der Waals surface area contributed by atoms with Crippen molar-refractivity contribution in [2.45, 2.75) is 44.6 Å². The number of anilines is 1. The Morgan fingerprint density at radius 3 is 2.78 bits per heavy atom. The summed E-state index contributed by atoms with van der Waals surface area (Å²) in [7, 11) is 0. The maximum absolute atomic E-state index is 5.58. The number of nitrogens with zero attached hydrogens (tertiary/aromatic N) is 5. The SMILES string of the molecule is c1ccc(-c2noc(N3CCCC(c4nccn4CC4CCC4)C3)n2)cc1. The third kappa shape index (κ3) is 3.36. The van der Waals surface area contributed by atoms with E-state index in [1.807, 2.05) is 36.5 Å². The Morgan fingerprint density at radius 1 is 1.07 bits per heavy atom. The minimum atomic E-state index is 0.418. The third-order valence-electron chi connectivity index (χ3n) is 5.93. The highest BCUT2D eigenvalue weighted by molar-refractivity contribution is 5.55. The van der Waals surface area contributed by atoms with E-state index in [2.05, 4.69) is 25.8 Å². The van der Waals surface area contributed by atoms with Gasteiger partial charge in [0.2, 0.25) is 5.82 Å². The first-order valence-electron chi connectivity index (χ1n) is 10.0. The van der Waals surface area contributed by atoms with Crippen molar-refractivity contribution < 1.29 is 4.52 Å². The van der Waals surface area contributed by atoms with Crippen molar-refractivity contribution in [2.75, 3.05) is 18.0 Å². The number of piperidine rings is 1. The van der Waals surface area contributed by atoms with Crippen LogP contribution >= 0.6 is 0 Å². The lowest BCUT2D eigenvalue weighted by atomic mass is 9.85. The molecule has 2 fully saturated rings.